The molecule has 3 aromatic rings. The first-order chi connectivity index (χ1) is 17.6. The van der Waals surface area contributed by atoms with Crippen LogP contribution in [0, 0.1) is 0 Å². The van der Waals surface area contributed by atoms with Crippen molar-refractivity contribution in [3.05, 3.63) is 60.0 Å². The Balaban J connectivity index is 2.07. The molecule has 0 radical (unpaired) electrons. The Bertz CT molecular complexity index is 1390. The van der Waals surface area contributed by atoms with Crippen molar-refractivity contribution in [3.8, 4) is 11.5 Å². The first-order valence-electron chi connectivity index (χ1n) is 11.8. The molecule has 2 aromatic carbocycles. The minimum Gasteiger partial charge on any atom is -0.490 e. The van der Waals surface area contributed by atoms with E-state index in [0.29, 0.717) is 39.1 Å². The lowest BCUT2D eigenvalue weighted by molar-refractivity contribution is -0.149. The van der Waals surface area contributed by atoms with E-state index in [2.05, 4.69) is 37.0 Å². The Hall–Kier alpha value is -2.43. The Morgan fingerprint density at radius 3 is 2.57 bits per heavy atom. The number of carbonyl (C=O) groups is 1. The fraction of sp³-hybridized carbons (Fsp3) is 0.385. The summed E-state index contributed by atoms with van der Waals surface area (Å²) in [6.07, 6.45) is 2.02. The molecule has 11 heteroatoms. The number of hydrogen-bond donors (Lipinski definition) is 0. The van der Waals surface area contributed by atoms with Crippen molar-refractivity contribution in [2.75, 3.05) is 13.2 Å². The SMILES string of the molecule is CCOc1cc(C=Nn2c([C@@H](C)CC)nc3ccc(Br)cc3c2=O)c(Br)c(Cl)c1OCC(=O)OC(C)C. The van der Waals surface area contributed by atoms with Gasteiger partial charge in [-0.3, -0.25) is 4.79 Å². The molecule has 0 aliphatic rings. The third kappa shape index (κ3) is 6.91. The van der Waals surface area contributed by atoms with Gasteiger partial charge in [0.2, 0.25) is 0 Å². The molecule has 0 saturated heterocycles. The topological polar surface area (TPSA) is 92.0 Å². The van der Waals surface area contributed by atoms with Crippen LogP contribution in [0.5, 0.6) is 11.5 Å². The Morgan fingerprint density at radius 1 is 1.19 bits per heavy atom. The Kier molecular flexibility index (Phi) is 10.1. The maximum Gasteiger partial charge on any atom is 0.344 e. The van der Waals surface area contributed by atoms with Gasteiger partial charge in [0, 0.05) is 20.4 Å². The van der Waals surface area contributed by atoms with Crippen molar-refractivity contribution in [2.24, 2.45) is 5.10 Å². The van der Waals surface area contributed by atoms with Gasteiger partial charge in [0.25, 0.3) is 5.56 Å². The van der Waals surface area contributed by atoms with Gasteiger partial charge in [-0.25, -0.2) is 9.78 Å². The molecule has 0 spiro atoms. The van der Waals surface area contributed by atoms with Gasteiger partial charge in [-0.05, 0) is 67.4 Å². The molecule has 3 rings (SSSR count). The van der Waals surface area contributed by atoms with E-state index < -0.39 is 5.97 Å². The van der Waals surface area contributed by atoms with Crippen LogP contribution in [0.1, 0.15) is 58.3 Å². The van der Waals surface area contributed by atoms with Gasteiger partial charge in [-0.2, -0.15) is 9.78 Å². The molecule has 1 atom stereocenters. The fourth-order valence-corrected chi connectivity index (χ4v) is 4.44. The van der Waals surface area contributed by atoms with E-state index in [9.17, 15) is 9.59 Å². The number of halogens is 3. The third-order valence-electron chi connectivity index (χ3n) is 5.36. The van der Waals surface area contributed by atoms with Crippen molar-refractivity contribution in [3.63, 3.8) is 0 Å². The fourth-order valence-electron chi connectivity index (χ4n) is 3.42. The molecule has 0 amide bonds. The van der Waals surface area contributed by atoms with Crippen LogP contribution in [0.2, 0.25) is 5.02 Å². The van der Waals surface area contributed by atoms with E-state index in [4.69, 9.17) is 30.8 Å². The van der Waals surface area contributed by atoms with Gasteiger partial charge in [-0.1, -0.05) is 41.4 Å². The van der Waals surface area contributed by atoms with Gasteiger partial charge < -0.3 is 14.2 Å². The van der Waals surface area contributed by atoms with Crippen LogP contribution in [0.3, 0.4) is 0 Å². The van der Waals surface area contributed by atoms with E-state index >= 15 is 0 Å². The monoisotopic (exact) mass is 655 g/mol. The van der Waals surface area contributed by atoms with E-state index in [0.717, 1.165) is 10.9 Å². The maximum atomic E-state index is 13.4. The van der Waals surface area contributed by atoms with E-state index in [1.165, 1.54) is 10.9 Å². The van der Waals surface area contributed by atoms with Crippen LogP contribution in [0.4, 0.5) is 0 Å². The third-order valence-corrected chi connectivity index (χ3v) is 7.29. The van der Waals surface area contributed by atoms with Crippen LogP contribution in [0.25, 0.3) is 10.9 Å². The molecular formula is C26H28Br2ClN3O5. The quantitative estimate of drug-likeness (QED) is 0.178. The molecule has 0 unspecified atom stereocenters. The number of ether oxygens (including phenoxy) is 3. The second kappa shape index (κ2) is 12.9. The minimum atomic E-state index is -0.525. The second-order valence-corrected chi connectivity index (χ2v) is 10.6. The number of fused-ring (bicyclic) bond motifs is 1. The number of benzene rings is 2. The molecule has 198 valence electrons. The van der Waals surface area contributed by atoms with Crippen molar-refractivity contribution >= 4 is 66.5 Å². The van der Waals surface area contributed by atoms with E-state index in [1.54, 1.807) is 32.0 Å². The van der Waals surface area contributed by atoms with Crippen LogP contribution in [-0.2, 0) is 9.53 Å². The van der Waals surface area contributed by atoms with Gasteiger partial charge in [0.15, 0.2) is 18.1 Å². The summed E-state index contributed by atoms with van der Waals surface area (Å²) in [6, 6.07) is 7.06. The Morgan fingerprint density at radius 2 is 1.92 bits per heavy atom. The first-order valence-corrected chi connectivity index (χ1v) is 13.8. The minimum absolute atomic E-state index is 0.00900. The highest BCUT2D eigenvalue weighted by Crippen LogP contribution is 2.42. The summed E-state index contributed by atoms with van der Waals surface area (Å²) in [5.74, 6) is 0.537. The summed E-state index contributed by atoms with van der Waals surface area (Å²) in [7, 11) is 0. The lowest BCUT2D eigenvalue weighted by Crippen LogP contribution is -2.23. The molecule has 0 aliphatic carbocycles. The number of hydrogen-bond acceptors (Lipinski definition) is 7. The van der Waals surface area contributed by atoms with Gasteiger partial charge >= 0.3 is 5.97 Å². The highest BCUT2D eigenvalue weighted by molar-refractivity contribution is 9.10. The van der Waals surface area contributed by atoms with E-state index in [-0.39, 0.29) is 35.0 Å². The number of esters is 1. The largest absolute Gasteiger partial charge is 0.490 e. The van der Waals surface area contributed by atoms with Gasteiger partial charge in [0.1, 0.15) is 10.8 Å². The second-order valence-electron chi connectivity index (χ2n) is 8.48. The molecule has 0 bridgehead atoms. The summed E-state index contributed by atoms with van der Waals surface area (Å²) in [6.45, 7) is 9.35. The zero-order valence-corrected chi connectivity index (χ0v) is 25.1. The summed E-state index contributed by atoms with van der Waals surface area (Å²) in [5, 5.41) is 5.15. The zero-order chi connectivity index (χ0) is 27.3. The van der Waals surface area contributed by atoms with Crippen LogP contribution < -0.4 is 15.0 Å². The predicted molar refractivity (Wildman–Crippen MR) is 152 cm³/mol. The smallest absolute Gasteiger partial charge is 0.344 e. The molecule has 0 saturated carbocycles. The zero-order valence-electron chi connectivity index (χ0n) is 21.2. The van der Waals surface area contributed by atoms with E-state index in [1.807, 2.05) is 26.8 Å². The molecule has 1 aromatic heterocycles. The van der Waals surface area contributed by atoms with Gasteiger partial charge in [-0.15, -0.1) is 0 Å². The molecule has 37 heavy (non-hydrogen) atoms. The maximum absolute atomic E-state index is 13.4. The predicted octanol–water partition coefficient (Wildman–Crippen LogP) is 6.70. The van der Waals surface area contributed by atoms with Crippen LogP contribution in [-0.4, -0.2) is 41.2 Å². The lowest BCUT2D eigenvalue weighted by atomic mass is 10.1. The van der Waals surface area contributed by atoms with Crippen molar-refractivity contribution in [2.45, 2.75) is 53.1 Å². The summed E-state index contributed by atoms with van der Waals surface area (Å²) in [5.41, 5.74) is 0.867. The van der Waals surface area contributed by atoms with Crippen molar-refractivity contribution < 1.29 is 19.0 Å². The molecule has 0 aliphatic heterocycles. The highest BCUT2D eigenvalue weighted by atomic mass is 79.9. The summed E-state index contributed by atoms with van der Waals surface area (Å²) in [4.78, 5) is 30.1. The average molecular weight is 658 g/mol. The number of aromatic nitrogens is 2. The molecular weight excluding hydrogens is 630 g/mol. The average Bonchev–Trinajstić information content (AvgIpc) is 2.85. The highest BCUT2D eigenvalue weighted by Gasteiger charge is 2.20. The van der Waals surface area contributed by atoms with Crippen LogP contribution >= 0.6 is 43.5 Å². The normalized spacial score (nSPS) is 12.4. The molecule has 0 fully saturated rings. The molecule has 8 nitrogen and oxygen atoms in total. The van der Waals surface area contributed by atoms with Crippen LogP contribution in [0.15, 0.2) is 43.1 Å². The lowest BCUT2D eigenvalue weighted by Gasteiger charge is -2.17. The number of rotatable bonds is 10. The summed E-state index contributed by atoms with van der Waals surface area (Å²) < 4.78 is 19.0. The molecule has 0 N–H and O–H groups in total. The van der Waals surface area contributed by atoms with Crippen molar-refractivity contribution in [1.82, 2.24) is 9.66 Å². The number of carbonyl (C=O) groups excluding carboxylic acids is 1. The van der Waals surface area contributed by atoms with Gasteiger partial charge in [0.05, 0.1) is 29.8 Å². The Labute approximate surface area is 237 Å². The summed E-state index contributed by atoms with van der Waals surface area (Å²) >= 11 is 13.5. The first kappa shape index (κ1) is 29.1. The standard InChI is InChI=1S/C26H28Br2ClN3O5/c1-6-15(5)25-31-19-9-8-17(27)11-18(19)26(34)32(25)30-12-16-10-20(35-7-2)24(23(29)22(16)28)36-13-21(33)37-14(3)4/h8-12,14-15H,6-7,13H2,1-5H3/t15-/m0/s1. The molecule has 1 heterocycles. The van der Waals surface area contributed by atoms with Crippen molar-refractivity contribution in [1.29, 1.82) is 0 Å². The number of nitrogens with zero attached hydrogens (tertiary/aromatic N) is 3.